The van der Waals surface area contributed by atoms with Gasteiger partial charge in [0.1, 0.15) is 0 Å². The smallest absolute Gasteiger partial charge is 0.230 e. The van der Waals surface area contributed by atoms with Gasteiger partial charge in [0, 0.05) is 25.9 Å². The Hall–Kier alpha value is -0.310. The van der Waals surface area contributed by atoms with Crippen molar-refractivity contribution in [3.05, 3.63) is 0 Å². The van der Waals surface area contributed by atoms with Gasteiger partial charge >= 0.3 is 0 Å². The van der Waals surface area contributed by atoms with Crippen molar-refractivity contribution in [1.82, 2.24) is 14.9 Å². The molecular formula is C11H23N3O3S2. The number of thioether (sulfide) groups is 1. The number of nitrogens with one attached hydrogen (secondary N) is 2. The molecule has 1 heterocycles. The number of nitrogens with zero attached hydrogens (tertiary/aromatic N) is 1. The summed E-state index contributed by atoms with van der Waals surface area (Å²) >= 11 is 1.66. The van der Waals surface area contributed by atoms with E-state index >= 15 is 0 Å². The van der Waals surface area contributed by atoms with Gasteiger partial charge in [-0.1, -0.05) is 0 Å². The molecule has 0 radical (unpaired) electrons. The maximum absolute atomic E-state index is 11.6. The molecule has 0 unspecified atom stereocenters. The molecule has 1 aliphatic heterocycles. The molecule has 0 aromatic carbocycles. The predicted octanol–water partition coefficient (Wildman–Crippen LogP) is -0.521. The molecule has 0 bridgehead atoms. The van der Waals surface area contributed by atoms with Crippen molar-refractivity contribution in [2.45, 2.75) is 18.1 Å². The fraction of sp³-hybridized carbons (Fsp3) is 0.909. The van der Waals surface area contributed by atoms with Crippen LogP contribution in [0.1, 0.15) is 12.8 Å². The van der Waals surface area contributed by atoms with Crippen molar-refractivity contribution in [3.8, 4) is 0 Å². The molecule has 0 aliphatic carbocycles. The second kappa shape index (κ2) is 8.08. The zero-order valence-corrected chi connectivity index (χ0v) is 13.1. The normalized spacial score (nSPS) is 17.6. The average Bonchev–Trinajstić information content (AvgIpc) is 2.37. The number of carbonyl (C=O) groups is 1. The van der Waals surface area contributed by atoms with Crippen molar-refractivity contribution in [2.24, 2.45) is 0 Å². The van der Waals surface area contributed by atoms with Crippen molar-refractivity contribution in [1.29, 1.82) is 0 Å². The molecule has 0 aromatic heterocycles. The van der Waals surface area contributed by atoms with Gasteiger partial charge in [-0.3, -0.25) is 4.79 Å². The minimum atomic E-state index is -3.23. The SMILES string of the molecule is CN(C)S(=O)(=O)CCNC(=O)CSC1CCNCC1. The second-order valence-corrected chi connectivity index (χ2v) is 8.30. The van der Waals surface area contributed by atoms with Crippen LogP contribution in [-0.2, 0) is 14.8 Å². The Balaban J connectivity index is 2.14. The lowest BCUT2D eigenvalue weighted by atomic mass is 10.2. The molecule has 1 saturated heterocycles. The molecule has 0 saturated carbocycles. The molecule has 2 N–H and O–H groups in total. The summed E-state index contributed by atoms with van der Waals surface area (Å²) < 4.78 is 24.1. The van der Waals surface area contributed by atoms with Crippen molar-refractivity contribution >= 4 is 27.7 Å². The van der Waals surface area contributed by atoms with E-state index < -0.39 is 10.0 Å². The molecule has 1 fully saturated rings. The van der Waals surface area contributed by atoms with E-state index in [9.17, 15) is 13.2 Å². The third-order valence-corrected chi connectivity index (χ3v) is 6.18. The largest absolute Gasteiger partial charge is 0.354 e. The molecule has 0 aromatic rings. The van der Waals surface area contributed by atoms with Gasteiger partial charge in [-0.15, -0.1) is 11.8 Å². The lowest BCUT2D eigenvalue weighted by Crippen LogP contribution is -2.35. The van der Waals surface area contributed by atoms with Crippen LogP contribution >= 0.6 is 11.8 Å². The van der Waals surface area contributed by atoms with E-state index in [1.54, 1.807) is 11.8 Å². The molecule has 6 nitrogen and oxygen atoms in total. The van der Waals surface area contributed by atoms with E-state index in [0.29, 0.717) is 11.0 Å². The van der Waals surface area contributed by atoms with Gasteiger partial charge in [0.2, 0.25) is 15.9 Å². The Kier molecular flexibility index (Phi) is 7.12. The van der Waals surface area contributed by atoms with Gasteiger partial charge in [0.15, 0.2) is 0 Å². The van der Waals surface area contributed by atoms with Crippen LogP contribution in [0.4, 0.5) is 0 Å². The van der Waals surface area contributed by atoms with E-state index in [4.69, 9.17) is 0 Å². The summed E-state index contributed by atoms with van der Waals surface area (Å²) in [7, 11) is -0.245. The number of rotatable bonds is 7. The summed E-state index contributed by atoms with van der Waals surface area (Å²) in [5.41, 5.74) is 0. The zero-order chi connectivity index (χ0) is 14.3. The van der Waals surface area contributed by atoms with Gasteiger partial charge in [0.05, 0.1) is 11.5 Å². The first-order valence-electron chi connectivity index (χ1n) is 6.41. The number of sulfonamides is 1. The van der Waals surface area contributed by atoms with Crippen molar-refractivity contribution in [2.75, 3.05) is 45.2 Å². The fourth-order valence-electron chi connectivity index (χ4n) is 1.71. The average molecular weight is 309 g/mol. The number of hydrogen-bond acceptors (Lipinski definition) is 5. The van der Waals surface area contributed by atoms with Gasteiger partial charge in [0.25, 0.3) is 0 Å². The van der Waals surface area contributed by atoms with Crippen LogP contribution in [0.2, 0.25) is 0 Å². The maximum atomic E-state index is 11.6. The van der Waals surface area contributed by atoms with Gasteiger partial charge in [-0.05, 0) is 25.9 Å². The van der Waals surface area contributed by atoms with Crippen LogP contribution < -0.4 is 10.6 Å². The van der Waals surface area contributed by atoms with E-state index in [0.717, 1.165) is 25.9 Å². The second-order valence-electron chi connectivity index (χ2n) is 4.71. The molecule has 112 valence electrons. The van der Waals surface area contributed by atoms with E-state index in [2.05, 4.69) is 10.6 Å². The Morgan fingerprint density at radius 1 is 1.37 bits per heavy atom. The van der Waals surface area contributed by atoms with Crippen LogP contribution in [0.3, 0.4) is 0 Å². The third kappa shape index (κ3) is 6.60. The van der Waals surface area contributed by atoms with Gasteiger partial charge in [-0.25, -0.2) is 12.7 Å². The van der Waals surface area contributed by atoms with Crippen molar-refractivity contribution < 1.29 is 13.2 Å². The van der Waals surface area contributed by atoms with Crippen LogP contribution in [0.15, 0.2) is 0 Å². The molecule has 1 amide bonds. The number of hydrogen-bond donors (Lipinski definition) is 2. The highest BCUT2D eigenvalue weighted by molar-refractivity contribution is 8.00. The predicted molar refractivity (Wildman–Crippen MR) is 78.8 cm³/mol. The van der Waals surface area contributed by atoms with E-state index in [1.807, 2.05) is 0 Å². The standard InChI is InChI=1S/C11H23N3O3S2/c1-14(2)19(16,17)8-7-13-11(15)9-18-10-3-5-12-6-4-10/h10,12H,3-9H2,1-2H3,(H,13,15). The zero-order valence-electron chi connectivity index (χ0n) is 11.5. The topological polar surface area (TPSA) is 78.5 Å². The van der Waals surface area contributed by atoms with Gasteiger partial charge in [-0.2, -0.15) is 0 Å². The molecule has 19 heavy (non-hydrogen) atoms. The molecule has 1 rings (SSSR count). The summed E-state index contributed by atoms with van der Waals surface area (Å²) in [6.07, 6.45) is 2.18. The first kappa shape index (κ1) is 16.7. The van der Waals surface area contributed by atoms with Gasteiger partial charge < -0.3 is 10.6 Å². The summed E-state index contributed by atoms with van der Waals surface area (Å²) in [6, 6.07) is 0. The number of carbonyl (C=O) groups excluding carboxylic acids is 1. The van der Waals surface area contributed by atoms with Crippen LogP contribution in [0.25, 0.3) is 0 Å². The molecule has 0 atom stereocenters. The summed E-state index contributed by atoms with van der Waals surface area (Å²) in [5.74, 6) is 0.272. The molecule has 8 heteroatoms. The first-order valence-corrected chi connectivity index (χ1v) is 9.07. The minimum Gasteiger partial charge on any atom is -0.354 e. The Morgan fingerprint density at radius 3 is 2.58 bits per heavy atom. The third-order valence-electron chi connectivity index (χ3n) is 2.97. The number of piperidine rings is 1. The Morgan fingerprint density at radius 2 is 2.00 bits per heavy atom. The Labute approximate surface area is 119 Å². The highest BCUT2D eigenvalue weighted by atomic mass is 32.2. The summed E-state index contributed by atoms with van der Waals surface area (Å²) in [6.45, 7) is 2.20. The van der Waals surface area contributed by atoms with Crippen LogP contribution in [0, 0.1) is 0 Å². The molecule has 0 spiro atoms. The summed E-state index contributed by atoms with van der Waals surface area (Å²) in [4.78, 5) is 11.6. The Bertz CT molecular complexity index is 379. The van der Waals surface area contributed by atoms with Crippen LogP contribution in [0.5, 0.6) is 0 Å². The monoisotopic (exact) mass is 309 g/mol. The van der Waals surface area contributed by atoms with Crippen LogP contribution in [-0.4, -0.2) is 69.1 Å². The molecular weight excluding hydrogens is 286 g/mol. The van der Waals surface area contributed by atoms with E-state index in [1.165, 1.54) is 18.4 Å². The highest BCUT2D eigenvalue weighted by Crippen LogP contribution is 2.19. The minimum absolute atomic E-state index is 0.0518. The summed E-state index contributed by atoms with van der Waals surface area (Å²) in [5, 5.41) is 6.47. The number of amides is 1. The molecule has 1 aliphatic rings. The maximum Gasteiger partial charge on any atom is 0.230 e. The lowest BCUT2D eigenvalue weighted by Gasteiger charge is -2.21. The fourth-order valence-corrected chi connectivity index (χ4v) is 3.49. The lowest BCUT2D eigenvalue weighted by molar-refractivity contribution is -0.118. The first-order chi connectivity index (χ1) is 8.92. The van der Waals surface area contributed by atoms with Crippen molar-refractivity contribution in [3.63, 3.8) is 0 Å². The highest BCUT2D eigenvalue weighted by Gasteiger charge is 2.16. The van der Waals surface area contributed by atoms with E-state index in [-0.39, 0.29) is 18.2 Å². The quantitative estimate of drug-likeness (QED) is 0.661.